The summed E-state index contributed by atoms with van der Waals surface area (Å²) in [5.74, 6) is -0.0424. The first-order chi connectivity index (χ1) is 11.5. The van der Waals surface area contributed by atoms with E-state index in [0.29, 0.717) is 27.8 Å². The van der Waals surface area contributed by atoms with Crippen LogP contribution in [0.15, 0.2) is 21.2 Å². The fraction of sp³-hybridized carbons (Fsp3) is 0.412. The van der Waals surface area contributed by atoms with Crippen molar-refractivity contribution in [3.05, 3.63) is 38.6 Å². The first-order valence-electron chi connectivity index (χ1n) is 7.88. The number of ether oxygens (including phenoxy) is 1. The Bertz CT molecular complexity index is 780. The summed E-state index contributed by atoms with van der Waals surface area (Å²) in [6.45, 7) is 4.25. The number of aryl methyl sites for hydroxylation is 1. The van der Waals surface area contributed by atoms with Crippen LogP contribution in [0.1, 0.15) is 51.6 Å². The lowest BCUT2D eigenvalue weighted by atomic mass is 9.88. The van der Waals surface area contributed by atoms with E-state index in [1.165, 1.54) is 11.3 Å². The van der Waals surface area contributed by atoms with E-state index in [4.69, 9.17) is 9.15 Å². The summed E-state index contributed by atoms with van der Waals surface area (Å²) >= 11 is 4.64. The second-order valence-corrected chi connectivity index (χ2v) is 7.72. The fourth-order valence-electron chi connectivity index (χ4n) is 2.87. The standard InChI is InChI=1S/C17H18BrNO4S/c1-3-22-17(21)14-10-8-9(2)4-6-12(10)24-16(14)19-15(20)11-5-7-13(18)23-11/h5,7,9H,3-4,6,8H2,1-2H3,(H,19,20). The van der Waals surface area contributed by atoms with E-state index in [-0.39, 0.29) is 17.6 Å². The van der Waals surface area contributed by atoms with Crippen molar-refractivity contribution in [1.82, 2.24) is 0 Å². The second-order valence-electron chi connectivity index (χ2n) is 5.83. The van der Waals surface area contributed by atoms with Crippen LogP contribution in [-0.2, 0) is 17.6 Å². The van der Waals surface area contributed by atoms with Crippen molar-refractivity contribution in [2.45, 2.75) is 33.1 Å². The van der Waals surface area contributed by atoms with Gasteiger partial charge in [-0.3, -0.25) is 4.79 Å². The average Bonchev–Trinajstić information content (AvgIpc) is 3.10. The number of amides is 1. The lowest BCUT2D eigenvalue weighted by Gasteiger charge is -2.18. The molecule has 1 aliphatic rings. The molecule has 0 bridgehead atoms. The Hall–Kier alpha value is -1.60. The summed E-state index contributed by atoms with van der Waals surface area (Å²) in [6, 6.07) is 3.24. The van der Waals surface area contributed by atoms with Gasteiger partial charge in [0.25, 0.3) is 5.91 Å². The minimum absolute atomic E-state index is 0.191. The lowest BCUT2D eigenvalue weighted by molar-refractivity contribution is 0.0526. The van der Waals surface area contributed by atoms with E-state index in [0.717, 1.165) is 29.7 Å². The van der Waals surface area contributed by atoms with Gasteiger partial charge >= 0.3 is 5.97 Å². The molecule has 0 aromatic carbocycles. The minimum atomic E-state index is -0.377. The number of hydrogen-bond acceptors (Lipinski definition) is 5. The number of nitrogens with one attached hydrogen (secondary N) is 1. The van der Waals surface area contributed by atoms with E-state index in [1.807, 2.05) is 0 Å². The number of furan rings is 1. The van der Waals surface area contributed by atoms with Gasteiger partial charge in [0, 0.05) is 4.88 Å². The molecule has 1 unspecified atom stereocenters. The molecular formula is C17H18BrNO4S. The van der Waals surface area contributed by atoms with Crippen LogP contribution in [0.25, 0.3) is 0 Å². The molecule has 7 heteroatoms. The van der Waals surface area contributed by atoms with Gasteiger partial charge in [0.15, 0.2) is 10.4 Å². The first-order valence-corrected chi connectivity index (χ1v) is 9.48. The average molecular weight is 412 g/mol. The number of carbonyl (C=O) groups is 2. The zero-order valence-electron chi connectivity index (χ0n) is 13.5. The van der Waals surface area contributed by atoms with Crippen LogP contribution in [0, 0.1) is 5.92 Å². The molecule has 1 amide bonds. The predicted octanol–water partition coefficient (Wildman–Crippen LogP) is 4.66. The first kappa shape index (κ1) is 17.2. The molecular weight excluding hydrogens is 394 g/mol. The molecule has 1 aliphatic carbocycles. The Morgan fingerprint density at radius 1 is 1.46 bits per heavy atom. The zero-order chi connectivity index (χ0) is 17.3. The van der Waals surface area contributed by atoms with E-state index >= 15 is 0 Å². The number of esters is 1. The number of hydrogen-bond donors (Lipinski definition) is 1. The van der Waals surface area contributed by atoms with Crippen molar-refractivity contribution in [2.24, 2.45) is 5.92 Å². The SMILES string of the molecule is CCOC(=O)c1c(NC(=O)c2ccc(Br)o2)sc2c1CC(C)CC2. The van der Waals surface area contributed by atoms with Crippen molar-refractivity contribution in [2.75, 3.05) is 11.9 Å². The lowest BCUT2D eigenvalue weighted by Crippen LogP contribution is -2.17. The van der Waals surface area contributed by atoms with E-state index in [1.54, 1.807) is 19.1 Å². The highest BCUT2D eigenvalue weighted by Crippen LogP contribution is 2.40. The molecule has 0 spiro atoms. The van der Waals surface area contributed by atoms with Crippen LogP contribution >= 0.6 is 27.3 Å². The Morgan fingerprint density at radius 2 is 2.25 bits per heavy atom. The topological polar surface area (TPSA) is 68.5 Å². The Morgan fingerprint density at radius 3 is 2.92 bits per heavy atom. The van der Waals surface area contributed by atoms with Gasteiger partial charge in [0.1, 0.15) is 5.00 Å². The third-order valence-electron chi connectivity index (χ3n) is 4.01. The predicted molar refractivity (Wildman–Crippen MR) is 95.8 cm³/mol. The van der Waals surface area contributed by atoms with Crippen molar-refractivity contribution in [1.29, 1.82) is 0 Å². The van der Waals surface area contributed by atoms with Gasteiger partial charge in [0.05, 0.1) is 12.2 Å². The van der Waals surface area contributed by atoms with Gasteiger partial charge in [0.2, 0.25) is 0 Å². The van der Waals surface area contributed by atoms with Crippen molar-refractivity contribution in [3.63, 3.8) is 0 Å². The smallest absolute Gasteiger partial charge is 0.341 e. The zero-order valence-corrected chi connectivity index (χ0v) is 15.9. The van der Waals surface area contributed by atoms with Gasteiger partial charge < -0.3 is 14.5 Å². The molecule has 2 aromatic heterocycles. The van der Waals surface area contributed by atoms with Gasteiger partial charge in [-0.15, -0.1) is 11.3 Å². The highest BCUT2D eigenvalue weighted by Gasteiger charge is 2.29. The largest absolute Gasteiger partial charge is 0.462 e. The normalized spacial score (nSPS) is 16.5. The fourth-order valence-corrected chi connectivity index (χ4v) is 4.40. The number of thiophene rings is 1. The molecule has 5 nitrogen and oxygen atoms in total. The van der Waals surface area contributed by atoms with Crippen LogP contribution in [0.3, 0.4) is 0 Å². The summed E-state index contributed by atoms with van der Waals surface area (Å²) < 4.78 is 11.0. The van der Waals surface area contributed by atoms with Crippen molar-refractivity contribution >= 4 is 44.1 Å². The molecule has 1 atom stereocenters. The molecule has 128 valence electrons. The summed E-state index contributed by atoms with van der Waals surface area (Å²) in [7, 11) is 0. The van der Waals surface area contributed by atoms with Crippen LogP contribution in [0.4, 0.5) is 5.00 Å². The number of rotatable bonds is 4. The molecule has 2 aromatic rings. The Kier molecular flexibility index (Phi) is 5.10. The maximum atomic E-state index is 12.4. The van der Waals surface area contributed by atoms with Gasteiger partial charge in [-0.2, -0.15) is 0 Å². The van der Waals surface area contributed by atoms with Gasteiger partial charge in [-0.1, -0.05) is 6.92 Å². The maximum absolute atomic E-state index is 12.4. The summed E-state index contributed by atoms with van der Waals surface area (Å²) in [5.41, 5.74) is 1.52. The molecule has 0 saturated carbocycles. The van der Waals surface area contributed by atoms with E-state index in [2.05, 4.69) is 28.2 Å². The molecule has 0 saturated heterocycles. The minimum Gasteiger partial charge on any atom is -0.462 e. The Balaban J connectivity index is 1.94. The molecule has 0 radical (unpaired) electrons. The quantitative estimate of drug-likeness (QED) is 0.742. The molecule has 2 heterocycles. The highest BCUT2D eigenvalue weighted by atomic mass is 79.9. The third-order valence-corrected chi connectivity index (χ3v) is 5.64. The molecule has 1 N–H and O–H groups in total. The number of anilines is 1. The monoisotopic (exact) mass is 411 g/mol. The van der Waals surface area contributed by atoms with Crippen LogP contribution < -0.4 is 5.32 Å². The number of fused-ring (bicyclic) bond motifs is 1. The maximum Gasteiger partial charge on any atom is 0.341 e. The van der Waals surface area contributed by atoms with Crippen LogP contribution in [0.2, 0.25) is 0 Å². The van der Waals surface area contributed by atoms with Crippen LogP contribution in [0.5, 0.6) is 0 Å². The summed E-state index contributed by atoms with van der Waals surface area (Å²) in [6.07, 6.45) is 2.85. The summed E-state index contributed by atoms with van der Waals surface area (Å²) in [4.78, 5) is 26.0. The molecule has 24 heavy (non-hydrogen) atoms. The molecule has 3 rings (SSSR count). The Labute approximate surface area is 152 Å². The van der Waals surface area contributed by atoms with Gasteiger partial charge in [-0.05, 0) is 65.7 Å². The molecule has 0 fully saturated rings. The summed E-state index contributed by atoms with van der Waals surface area (Å²) in [5, 5.41) is 3.36. The van der Waals surface area contributed by atoms with E-state index in [9.17, 15) is 9.59 Å². The highest BCUT2D eigenvalue weighted by molar-refractivity contribution is 9.10. The van der Waals surface area contributed by atoms with E-state index < -0.39 is 0 Å². The number of halogens is 1. The second kappa shape index (κ2) is 7.11. The molecule has 0 aliphatic heterocycles. The van der Waals surface area contributed by atoms with Crippen molar-refractivity contribution < 1.29 is 18.7 Å². The van der Waals surface area contributed by atoms with Crippen LogP contribution in [-0.4, -0.2) is 18.5 Å². The number of carbonyl (C=O) groups excluding carboxylic acids is 2. The van der Waals surface area contributed by atoms with Crippen molar-refractivity contribution in [3.8, 4) is 0 Å². The third kappa shape index (κ3) is 3.42. The van der Waals surface area contributed by atoms with Gasteiger partial charge in [-0.25, -0.2) is 4.79 Å².